The number of nitrogens with two attached hydrogens (primary N) is 1. The standard InChI is InChI=1S/C22H33N7O9/c1-4-22(21(35)36,8-13(30)31)20(34)24-5-6-37-29-17(32)12(7-11(2)3)38-19(18(29)33)28-10-27-14-15(23)25-9-26-16(14)28/h9-12,17-19,32-33H,4-8H2,1-3H3,(H,24,34)(H,30,31)(H,35,36)(H2,23,25,26)/t12-,17?,18?,19-,22?/m1/s1. The lowest BCUT2D eigenvalue weighted by molar-refractivity contribution is -0.389. The summed E-state index contributed by atoms with van der Waals surface area (Å²) in [6.07, 6.45) is -3.00. The van der Waals surface area contributed by atoms with Gasteiger partial charge in [-0.2, -0.15) is 0 Å². The Kier molecular flexibility index (Phi) is 9.16. The Bertz CT molecular complexity index is 1160. The van der Waals surface area contributed by atoms with Crippen molar-refractivity contribution in [2.75, 3.05) is 18.9 Å². The molecule has 0 bridgehead atoms. The lowest BCUT2D eigenvalue weighted by atomic mass is 9.80. The Balaban J connectivity index is 1.75. The molecule has 3 unspecified atom stereocenters. The van der Waals surface area contributed by atoms with Gasteiger partial charge in [-0.05, 0) is 18.8 Å². The van der Waals surface area contributed by atoms with Crippen LogP contribution in [0.1, 0.15) is 46.3 Å². The van der Waals surface area contributed by atoms with E-state index in [4.69, 9.17) is 20.4 Å². The maximum Gasteiger partial charge on any atom is 0.319 e. The third-order valence-corrected chi connectivity index (χ3v) is 6.32. The third-order valence-electron chi connectivity index (χ3n) is 6.32. The number of nitrogens with one attached hydrogen (secondary N) is 1. The van der Waals surface area contributed by atoms with Crippen LogP contribution in [0.2, 0.25) is 0 Å². The molecule has 210 valence electrons. The van der Waals surface area contributed by atoms with Gasteiger partial charge >= 0.3 is 11.9 Å². The number of carbonyl (C=O) groups is 3. The average molecular weight is 540 g/mol. The van der Waals surface area contributed by atoms with E-state index in [9.17, 15) is 29.7 Å². The number of aromatic nitrogens is 4. The topological polar surface area (TPSA) is 235 Å². The number of carboxylic acids is 2. The highest BCUT2D eigenvalue weighted by Gasteiger charge is 2.47. The molecule has 2 aromatic rings. The third kappa shape index (κ3) is 5.83. The fraction of sp³-hybridized carbons (Fsp3) is 0.636. The van der Waals surface area contributed by atoms with Crippen LogP contribution in [0.5, 0.6) is 0 Å². The van der Waals surface area contributed by atoms with Gasteiger partial charge in [0, 0.05) is 6.54 Å². The summed E-state index contributed by atoms with van der Waals surface area (Å²) in [4.78, 5) is 53.3. The van der Waals surface area contributed by atoms with Crippen molar-refractivity contribution in [2.45, 2.75) is 64.8 Å². The van der Waals surface area contributed by atoms with Gasteiger partial charge < -0.3 is 36.2 Å². The monoisotopic (exact) mass is 539 g/mol. The Hall–Kier alpha value is -3.44. The number of aliphatic carboxylic acids is 2. The SMILES string of the molecule is CCC(CC(=O)O)(C(=O)O)C(=O)NCCON1C(O)[C@H](n2cnc3c(N)ncnc32)O[C@H](CC(C)C)C1O. The van der Waals surface area contributed by atoms with Crippen LogP contribution in [0.4, 0.5) is 5.82 Å². The number of nitrogen functional groups attached to an aromatic ring is 1. The summed E-state index contributed by atoms with van der Waals surface area (Å²) in [6, 6.07) is 0. The van der Waals surface area contributed by atoms with Gasteiger partial charge in [0.05, 0.1) is 19.4 Å². The quantitative estimate of drug-likeness (QED) is 0.144. The summed E-state index contributed by atoms with van der Waals surface area (Å²) >= 11 is 0. The van der Waals surface area contributed by atoms with Crippen molar-refractivity contribution in [3.8, 4) is 0 Å². The second-order valence-corrected chi connectivity index (χ2v) is 9.37. The summed E-state index contributed by atoms with van der Waals surface area (Å²) in [5.74, 6) is -3.73. The van der Waals surface area contributed by atoms with Crippen LogP contribution in [0.15, 0.2) is 12.7 Å². The van der Waals surface area contributed by atoms with Gasteiger partial charge in [0.1, 0.15) is 17.9 Å². The second-order valence-electron chi connectivity index (χ2n) is 9.37. The molecule has 16 nitrogen and oxygen atoms in total. The number of carbonyl (C=O) groups excluding carboxylic acids is 1. The number of aliphatic hydroxyl groups is 2. The van der Waals surface area contributed by atoms with Crippen LogP contribution in [0.25, 0.3) is 11.2 Å². The number of anilines is 1. The molecule has 2 aromatic heterocycles. The molecule has 3 rings (SSSR count). The molecule has 0 saturated carbocycles. The number of nitrogens with zero attached hydrogens (tertiary/aromatic N) is 5. The Morgan fingerprint density at radius 1 is 1.21 bits per heavy atom. The van der Waals surface area contributed by atoms with E-state index in [1.165, 1.54) is 24.1 Å². The van der Waals surface area contributed by atoms with Crippen LogP contribution < -0.4 is 11.1 Å². The minimum atomic E-state index is -2.15. The minimum absolute atomic E-state index is 0.108. The van der Waals surface area contributed by atoms with E-state index in [1.54, 1.807) is 0 Å². The lowest BCUT2D eigenvalue weighted by Gasteiger charge is -2.45. The molecule has 3 heterocycles. The van der Waals surface area contributed by atoms with Crippen molar-refractivity contribution >= 4 is 34.8 Å². The number of rotatable bonds is 12. The summed E-state index contributed by atoms with van der Waals surface area (Å²) in [6.45, 7) is 4.74. The first kappa shape index (κ1) is 29.1. The summed E-state index contributed by atoms with van der Waals surface area (Å²) < 4.78 is 7.46. The zero-order chi connectivity index (χ0) is 28.2. The normalized spacial score (nSPS) is 23.8. The van der Waals surface area contributed by atoms with Crippen molar-refractivity contribution in [3.05, 3.63) is 12.7 Å². The molecule has 0 radical (unpaired) electrons. The largest absolute Gasteiger partial charge is 0.481 e. The van der Waals surface area contributed by atoms with Gasteiger partial charge in [-0.3, -0.25) is 23.8 Å². The Morgan fingerprint density at radius 2 is 1.92 bits per heavy atom. The first-order chi connectivity index (χ1) is 17.9. The molecule has 0 aliphatic carbocycles. The van der Waals surface area contributed by atoms with Crippen molar-refractivity contribution < 1.29 is 44.4 Å². The van der Waals surface area contributed by atoms with Crippen molar-refractivity contribution in [3.63, 3.8) is 0 Å². The van der Waals surface area contributed by atoms with Gasteiger partial charge in [-0.25, -0.2) is 15.0 Å². The highest BCUT2D eigenvalue weighted by atomic mass is 16.7. The predicted molar refractivity (Wildman–Crippen MR) is 129 cm³/mol. The number of morpholine rings is 1. The first-order valence-electron chi connectivity index (χ1n) is 12.0. The van der Waals surface area contributed by atoms with Gasteiger partial charge in [-0.15, -0.1) is 5.06 Å². The number of ether oxygens (including phenoxy) is 1. The van der Waals surface area contributed by atoms with Crippen molar-refractivity contribution in [1.82, 2.24) is 29.9 Å². The summed E-state index contributed by atoms with van der Waals surface area (Å²) in [5, 5.41) is 43.8. The van der Waals surface area contributed by atoms with Crippen LogP contribution in [0.3, 0.4) is 0 Å². The first-order valence-corrected chi connectivity index (χ1v) is 12.0. The molecular weight excluding hydrogens is 506 g/mol. The van der Waals surface area contributed by atoms with Crippen LogP contribution in [0, 0.1) is 11.3 Å². The van der Waals surface area contributed by atoms with Gasteiger partial charge in [0.2, 0.25) is 5.91 Å². The molecule has 38 heavy (non-hydrogen) atoms. The molecule has 5 atom stereocenters. The highest BCUT2D eigenvalue weighted by Crippen LogP contribution is 2.33. The minimum Gasteiger partial charge on any atom is -0.481 e. The Morgan fingerprint density at radius 3 is 2.53 bits per heavy atom. The number of fused-ring (bicyclic) bond motifs is 1. The zero-order valence-electron chi connectivity index (χ0n) is 21.2. The van der Waals surface area contributed by atoms with Crippen molar-refractivity contribution in [2.24, 2.45) is 11.3 Å². The van der Waals surface area contributed by atoms with E-state index in [1.807, 2.05) is 13.8 Å². The number of carboxylic acid groups (broad SMARTS) is 2. The number of hydroxylamine groups is 2. The maximum atomic E-state index is 12.6. The molecule has 1 amide bonds. The average Bonchev–Trinajstić information content (AvgIpc) is 3.28. The van der Waals surface area contributed by atoms with Gasteiger partial charge in [-0.1, -0.05) is 20.8 Å². The molecular formula is C22H33N7O9. The summed E-state index contributed by atoms with van der Waals surface area (Å²) in [5.41, 5.74) is 4.29. The lowest BCUT2D eigenvalue weighted by Crippen LogP contribution is -2.59. The molecule has 0 spiro atoms. The number of hydrogen-bond donors (Lipinski definition) is 6. The fourth-order valence-electron chi connectivity index (χ4n) is 4.26. The molecule has 1 fully saturated rings. The Labute approximate surface area is 217 Å². The van der Waals surface area contributed by atoms with E-state index < -0.39 is 54.5 Å². The van der Waals surface area contributed by atoms with E-state index in [-0.39, 0.29) is 37.0 Å². The molecule has 0 aromatic carbocycles. The smallest absolute Gasteiger partial charge is 0.319 e. The second kappa shape index (κ2) is 12.0. The van der Waals surface area contributed by atoms with Gasteiger partial charge in [0.25, 0.3) is 0 Å². The number of aliphatic hydroxyl groups excluding tert-OH is 2. The van der Waals surface area contributed by atoms with Crippen LogP contribution in [-0.2, 0) is 24.0 Å². The highest BCUT2D eigenvalue weighted by molar-refractivity contribution is 6.04. The van der Waals surface area contributed by atoms with E-state index in [2.05, 4.69) is 20.3 Å². The number of imidazole rings is 1. The van der Waals surface area contributed by atoms with Crippen LogP contribution in [-0.4, -0.2) is 94.6 Å². The molecule has 7 N–H and O–H groups in total. The van der Waals surface area contributed by atoms with Gasteiger partial charge in [0.15, 0.2) is 35.6 Å². The summed E-state index contributed by atoms with van der Waals surface area (Å²) in [7, 11) is 0. The van der Waals surface area contributed by atoms with E-state index in [0.29, 0.717) is 11.9 Å². The number of amides is 1. The zero-order valence-corrected chi connectivity index (χ0v) is 21.2. The molecule has 1 aliphatic heterocycles. The number of hydrogen-bond acceptors (Lipinski definition) is 12. The van der Waals surface area contributed by atoms with Crippen LogP contribution >= 0.6 is 0 Å². The van der Waals surface area contributed by atoms with Crippen molar-refractivity contribution in [1.29, 1.82) is 0 Å². The molecule has 1 saturated heterocycles. The molecule has 1 aliphatic rings. The predicted octanol–water partition coefficient (Wildman–Crippen LogP) is -0.706. The molecule has 16 heteroatoms. The van der Waals surface area contributed by atoms with E-state index >= 15 is 0 Å². The van der Waals surface area contributed by atoms with E-state index in [0.717, 1.165) is 5.06 Å². The maximum absolute atomic E-state index is 12.6. The fourth-order valence-corrected chi connectivity index (χ4v) is 4.26.